The van der Waals surface area contributed by atoms with Crippen LogP contribution in [0.1, 0.15) is 0 Å². The molecule has 96 valence electrons. The van der Waals surface area contributed by atoms with E-state index >= 15 is 0 Å². The Kier molecular flexibility index (Phi) is 2.83. The first-order valence-corrected chi connectivity index (χ1v) is 7.96. The van der Waals surface area contributed by atoms with Gasteiger partial charge in [0.05, 0.1) is 10.2 Å². The zero-order valence-corrected chi connectivity index (χ0v) is 12.9. The summed E-state index contributed by atoms with van der Waals surface area (Å²) < 4.78 is 2.33. The van der Waals surface area contributed by atoms with Crippen LogP contribution in [0.4, 0.5) is 0 Å². The molecule has 3 heteroatoms. The van der Waals surface area contributed by atoms with E-state index in [0.29, 0.717) is 0 Å². The number of thiazole rings is 1. The van der Waals surface area contributed by atoms with Crippen molar-refractivity contribution in [2.75, 3.05) is 0 Å². The maximum absolute atomic E-state index is 4.77. The van der Waals surface area contributed by atoms with Crippen LogP contribution in [0, 0.1) is 0 Å². The van der Waals surface area contributed by atoms with Gasteiger partial charge in [0, 0.05) is 10.0 Å². The van der Waals surface area contributed by atoms with Crippen LogP contribution in [0.2, 0.25) is 0 Å². The van der Waals surface area contributed by atoms with Crippen molar-refractivity contribution in [1.82, 2.24) is 4.98 Å². The smallest absolute Gasteiger partial charge is 0.124 e. The number of rotatable bonds is 1. The Morgan fingerprint density at radius 3 is 2.30 bits per heavy atom. The molecule has 3 aromatic carbocycles. The van der Waals surface area contributed by atoms with Gasteiger partial charge in [0.15, 0.2) is 0 Å². The van der Waals surface area contributed by atoms with Crippen LogP contribution in [0.3, 0.4) is 0 Å². The first-order chi connectivity index (χ1) is 9.79. The summed E-state index contributed by atoms with van der Waals surface area (Å²) >= 11 is 5.21. The molecule has 0 unspecified atom stereocenters. The van der Waals surface area contributed by atoms with Gasteiger partial charge in [-0.15, -0.1) is 11.3 Å². The molecule has 0 saturated heterocycles. The number of halogens is 1. The van der Waals surface area contributed by atoms with E-state index < -0.39 is 0 Å². The lowest BCUT2D eigenvalue weighted by Gasteiger charge is -1.95. The molecular formula is C17H10BrNS. The van der Waals surface area contributed by atoms with Gasteiger partial charge in [-0.25, -0.2) is 4.98 Å². The third-order valence-corrected chi connectivity index (χ3v) is 4.94. The highest BCUT2D eigenvalue weighted by molar-refractivity contribution is 9.10. The molecule has 0 spiro atoms. The number of hydrogen-bond donors (Lipinski definition) is 0. The van der Waals surface area contributed by atoms with E-state index in [1.807, 2.05) is 0 Å². The highest BCUT2D eigenvalue weighted by Crippen LogP contribution is 2.33. The molecule has 4 rings (SSSR count). The molecule has 0 amide bonds. The average Bonchev–Trinajstić information content (AvgIpc) is 2.88. The molecule has 0 fully saturated rings. The number of hydrogen-bond acceptors (Lipinski definition) is 2. The van der Waals surface area contributed by atoms with Crippen molar-refractivity contribution in [3.8, 4) is 10.6 Å². The molecule has 20 heavy (non-hydrogen) atoms. The van der Waals surface area contributed by atoms with Crippen LogP contribution in [-0.2, 0) is 0 Å². The Labute approximate surface area is 129 Å². The van der Waals surface area contributed by atoms with Crippen molar-refractivity contribution in [1.29, 1.82) is 0 Å². The molecular weight excluding hydrogens is 330 g/mol. The summed E-state index contributed by atoms with van der Waals surface area (Å²) in [6, 6.07) is 21.1. The van der Waals surface area contributed by atoms with Crippen LogP contribution < -0.4 is 0 Å². The van der Waals surface area contributed by atoms with Gasteiger partial charge in [-0.1, -0.05) is 52.3 Å². The van der Waals surface area contributed by atoms with Crippen molar-refractivity contribution in [3.05, 3.63) is 65.1 Å². The number of nitrogens with zero attached hydrogens (tertiary/aromatic N) is 1. The molecule has 0 N–H and O–H groups in total. The molecule has 1 heterocycles. The van der Waals surface area contributed by atoms with Crippen LogP contribution in [0.15, 0.2) is 65.1 Å². The molecule has 0 aliphatic heterocycles. The van der Waals surface area contributed by atoms with E-state index in [2.05, 4.69) is 76.6 Å². The Morgan fingerprint density at radius 1 is 0.850 bits per heavy atom. The number of fused-ring (bicyclic) bond motifs is 2. The van der Waals surface area contributed by atoms with Crippen LogP contribution >= 0.6 is 27.3 Å². The summed E-state index contributed by atoms with van der Waals surface area (Å²) in [6.07, 6.45) is 0. The second-order valence-corrected chi connectivity index (χ2v) is 6.64. The largest absolute Gasteiger partial charge is 0.236 e. The van der Waals surface area contributed by atoms with Gasteiger partial charge in [-0.3, -0.25) is 0 Å². The summed E-state index contributed by atoms with van der Waals surface area (Å²) in [6.45, 7) is 0. The fraction of sp³-hybridized carbons (Fsp3) is 0. The minimum atomic E-state index is 1.07. The van der Waals surface area contributed by atoms with E-state index in [1.165, 1.54) is 21.0 Å². The Balaban J connectivity index is 1.93. The number of benzene rings is 3. The van der Waals surface area contributed by atoms with Gasteiger partial charge in [0.2, 0.25) is 0 Å². The first-order valence-electron chi connectivity index (χ1n) is 6.35. The Hall–Kier alpha value is -1.71. The molecule has 1 nitrogen and oxygen atoms in total. The average molecular weight is 340 g/mol. The molecule has 0 atom stereocenters. The van der Waals surface area contributed by atoms with Gasteiger partial charge >= 0.3 is 0 Å². The highest BCUT2D eigenvalue weighted by atomic mass is 79.9. The molecule has 0 aliphatic rings. The van der Waals surface area contributed by atoms with Crippen LogP contribution in [0.25, 0.3) is 31.6 Å². The molecule has 0 aliphatic carbocycles. The highest BCUT2D eigenvalue weighted by Gasteiger charge is 2.07. The topological polar surface area (TPSA) is 12.9 Å². The standard InChI is InChI=1S/C17H10BrNS/c18-14-7-5-11(6-8-14)17-19-15-9-12-3-1-2-4-13(12)10-16(15)20-17/h1-10H. The zero-order valence-electron chi connectivity index (χ0n) is 10.5. The van der Waals surface area contributed by atoms with Crippen LogP contribution in [-0.4, -0.2) is 4.98 Å². The number of aromatic nitrogens is 1. The van der Waals surface area contributed by atoms with Gasteiger partial charge in [-0.05, 0) is 35.0 Å². The lowest BCUT2D eigenvalue weighted by atomic mass is 10.1. The van der Waals surface area contributed by atoms with Crippen molar-refractivity contribution in [3.63, 3.8) is 0 Å². The predicted molar refractivity (Wildman–Crippen MR) is 90.3 cm³/mol. The van der Waals surface area contributed by atoms with E-state index in [0.717, 1.165) is 15.0 Å². The minimum absolute atomic E-state index is 1.07. The fourth-order valence-corrected chi connectivity index (χ4v) is 3.59. The normalized spacial score (nSPS) is 11.2. The molecule has 0 bridgehead atoms. The third-order valence-electron chi connectivity index (χ3n) is 3.35. The summed E-state index contributed by atoms with van der Waals surface area (Å²) in [7, 11) is 0. The summed E-state index contributed by atoms with van der Waals surface area (Å²) in [5.41, 5.74) is 2.24. The van der Waals surface area contributed by atoms with Gasteiger partial charge in [0.1, 0.15) is 5.01 Å². The van der Waals surface area contributed by atoms with Gasteiger partial charge < -0.3 is 0 Å². The zero-order chi connectivity index (χ0) is 13.5. The van der Waals surface area contributed by atoms with Crippen LogP contribution in [0.5, 0.6) is 0 Å². The second-order valence-electron chi connectivity index (χ2n) is 4.69. The lowest BCUT2D eigenvalue weighted by molar-refractivity contribution is 1.48. The molecule has 1 aromatic heterocycles. The van der Waals surface area contributed by atoms with E-state index in [9.17, 15) is 0 Å². The van der Waals surface area contributed by atoms with E-state index in [-0.39, 0.29) is 0 Å². The van der Waals surface area contributed by atoms with Crippen molar-refractivity contribution >= 4 is 48.3 Å². The molecule has 4 aromatic rings. The fourth-order valence-electron chi connectivity index (χ4n) is 2.33. The summed E-state index contributed by atoms with van der Waals surface area (Å²) in [4.78, 5) is 4.77. The Morgan fingerprint density at radius 2 is 1.55 bits per heavy atom. The SMILES string of the molecule is Brc1ccc(-c2nc3cc4ccccc4cc3s2)cc1. The van der Waals surface area contributed by atoms with Crippen molar-refractivity contribution < 1.29 is 0 Å². The molecule has 0 radical (unpaired) electrons. The predicted octanol–water partition coefficient (Wildman–Crippen LogP) is 5.88. The summed E-state index contributed by atoms with van der Waals surface area (Å²) in [5, 5.41) is 3.58. The molecule has 0 saturated carbocycles. The van der Waals surface area contributed by atoms with E-state index in [1.54, 1.807) is 11.3 Å². The first kappa shape index (κ1) is 12.1. The van der Waals surface area contributed by atoms with Gasteiger partial charge in [0.25, 0.3) is 0 Å². The Bertz CT molecular complexity index is 857. The maximum atomic E-state index is 4.77. The monoisotopic (exact) mass is 339 g/mol. The maximum Gasteiger partial charge on any atom is 0.124 e. The van der Waals surface area contributed by atoms with Crippen molar-refractivity contribution in [2.45, 2.75) is 0 Å². The summed E-state index contributed by atoms with van der Waals surface area (Å²) in [5.74, 6) is 0. The minimum Gasteiger partial charge on any atom is -0.236 e. The third kappa shape index (κ3) is 2.03. The second kappa shape index (κ2) is 4.69. The van der Waals surface area contributed by atoms with Gasteiger partial charge in [-0.2, -0.15) is 0 Å². The lowest BCUT2D eigenvalue weighted by Crippen LogP contribution is -1.75. The van der Waals surface area contributed by atoms with E-state index in [4.69, 9.17) is 4.98 Å². The van der Waals surface area contributed by atoms with Crippen molar-refractivity contribution in [2.24, 2.45) is 0 Å². The quantitative estimate of drug-likeness (QED) is 0.422.